The first-order valence-electron chi connectivity index (χ1n) is 6.62. The number of aromatic nitrogens is 4. The van der Waals surface area contributed by atoms with Crippen molar-refractivity contribution >= 4 is 5.95 Å². The molecule has 0 atom stereocenters. The molecule has 1 fully saturated rings. The average molecular weight is 259 g/mol. The highest BCUT2D eigenvalue weighted by molar-refractivity contribution is 5.28. The third kappa shape index (κ3) is 2.89. The number of nitrogens with zero attached hydrogens (tertiary/aromatic N) is 5. The molecule has 100 valence electrons. The van der Waals surface area contributed by atoms with Crippen molar-refractivity contribution < 1.29 is 4.42 Å². The van der Waals surface area contributed by atoms with E-state index in [-0.39, 0.29) is 0 Å². The van der Waals surface area contributed by atoms with Gasteiger partial charge in [0.25, 0.3) is 0 Å². The molecule has 0 saturated carbocycles. The van der Waals surface area contributed by atoms with E-state index in [1.165, 1.54) is 0 Å². The molecule has 2 aromatic heterocycles. The smallest absolute Gasteiger partial charge is 0.225 e. The molecule has 0 bridgehead atoms. The minimum Gasteiger partial charge on any atom is -0.426 e. The number of aryl methyl sites for hydroxylation is 1. The van der Waals surface area contributed by atoms with E-state index in [0.717, 1.165) is 44.2 Å². The molecule has 2 aromatic rings. The fourth-order valence-electron chi connectivity index (χ4n) is 2.46. The largest absolute Gasteiger partial charge is 0.426 e. The van der Waals surface area contributed by atoms with Crippen molar-refractivity contribution in [3.63, 3.8) is 0 Å². The maximum atomic E-state index is 5.44. The monoisotopic (exact) mass is 259 g/mol. The molecule has 0 unspecified atom stereocenters. The molecule has 3 rings (SSSR count). The Morgan fingerprint density at radius 2 is 1.95 bits per heavy atom. The number of hydrogen-bond donors (Lipinski definition) is 0. The van der Waals surface area contributed by atoms with Gasteiger partial charge in [0.1, 0.15) is 0 Å². The molecule has 0 aliphatic carbocycles. The molecule has 6 heteroatoms. The van der Waals surface area contributed by atoms with E-state index < -0.39 is 0 Å². The van der Waals surface area contributed by atoms with E-state index in [1.807, 2.05) is 13.0 Å². The van der Waals surface area contributed by atoms with Crippen molar-refractivity contribution in [2.45, 2.75) is 26.2 Å². The van der Waals surface area contributed by atoms with Crippen LogP contribution in [0.3, 0.4) is 0 Å². The molecule has 6 nitrogen and oxygen atoms in total. The molecule has 0 amide bonds. The van der Waals surface area contributed by atoms with Crippen LogP contribution in [0.4, 0.5) is 5.95 Å². The van der Waals surface area contributed by atoms with Gasteiger partial charge in [0, 0.05) is 38.8 Å². The van der Waals surface area contributed by atoms with Crippen LogP contribution < -0.4 is 4.90 Å². The van der Waals surface area contributed by atoms with Gasteiger partial charge in [-0.1, -0.05) is 0 Å². The van der Waals surface area contributed by atoms with Crippen molar-refractivity contribution in [1.29, 1.82) is 0 Å². The van der Waals surface area contributed by atoms with Crippen molar-refractivity contribution in [3.8, 4) is 0 Å². The highest BCUT2D eigenvalue weighted by atomic mass is 16.4. The third-order valence-corrected chi connectivity index (χ3v) is 3.48. The van der Waals surface area contributed by atoms with Gasteiger partial charge in [-0.3, -0.25) is 0 Å². The van der Waals surface area contributed by atoms with E-state index in [1.54, 1.807) is 12.4 Å². The molecule has 1 saturated heterocycles. The van der Waals surface area contributed by atoms with Crippen LogP contribution in [-0.4, -0.2) is 33.3 Å². The summed E-state index contributed by atoms with van der Waals surface area (Å²) in [5, 5.41) is 7.93. The standard InChI is InChI=1S/C13H17N5O/c1-10-16-17-12(19-10)9-11-3-7-18(8-4-11)13-14-5-2-6-15-13/h2,5-6,11H,3-4,7-9H2,1H3. The summed E-state index contributed by atoms with van der Waals surface area (Å²) in [7, 11) is 0. The normalized spacial score (nSPS) is 16.8. The summed E-state index contributed by atoms with van der Waals surface area (Å²) in [6, 6.07) is 1.84. The zero-order valence-corrected chi connectivity index (χ0v) is 11.0. The third-order valence-electron chi connectivity index (χ3n) is 3.48. The van der Waals surface area contributed by atoms with Crippen LogP contribution in [-0.2, 0) is 6.42 Å². The minimum atomic E-state index is 0.611. The molecule has 3 heterocycles. The summed E-state index contributed by atoms with van der Waals surface area (Å²) in [5.74, 6) is 2.84. The van der Waals surface area contributed by atoms with Gasteiger partial charge in [0.15, 0.2) is 0 Å². The molecule has 0 spiro atoms. The van der Waals surface area contributed by atoms with Crippen molar-refractivity contribution in [2.75, 3.05) is 18.0 Å². The predicted octanol–water partition coefficient (Wildman–Crippen LogP) is 1.63. The van der Waals surface area contributed by atoms with Gasteiger partial charge < -0.3 is 9.32 Å². The molecule has 0 N–H and O–H groups in total. The summed E-state index contributed by atoms with van der Waals surface area (Å²) in [6.07, 6.45) is 6.68. The molecule has 0 aromatic carbocycles. The first kappa shape index (κ1) is 12.1. The van der Waals surface area contributed by atoms with Crippen LogP contribution in [0.15, 0.2) is 22.9 Å². The first-order valence-corrected chi connectivity index (χ1v) is 6.62. The Hall–Kier alpha value is -1.98. The fourth-order valence-corrected chi connectivity index (χ4v) is 2.46. The molecular weight excluding hydrogens is 242 g/mol. The number of anilines is 1. The zero-order valence-electron chi connectivity index (χ0n) is 11.0. The zero-order chi connectivity index (χ0) is 13.1. The summed E-state index contributed by atoms with van der Waals surface area (Å²) in [5.41, 5.74) is 0. The van der Waals surface area contributed by atoms with Crippen LogP contribution in [0.5, 0.6) is 0 Å². The maximum Gasteiger partial charge on any atom is 0.225 e. The molecular formula is C13H17N5O. The minimum absolute atomic E-state index is 0.611. The van der Waals surface area contributed by atoms with Crippen LogP contribution in [0.2, 0.25) is 0 Å². The Kier molecular flexibility index (Phi) is 3.39. The van der Waals surface area contributed by atoms with Gasteiger partial charge in [-0.15, -0.1) is 10.2 Å². The quantitative estimate of drug-likeness (QED) is 0.834. The predicted molar refractivity (Wildman–Crippen MR) is 69.7 cm³/mol. The van der Waals surface area contributed by atoms with Crippen molar-refractivity contribution in [3.05, 3.63) is 30.2 Å². The van der Waals surface area contributed by atoms with Crippen LogP contribution in [0, 0.1) is 12.8 Å². The molecule has 0 radical (unpaired) electrons. The second-order valence-electron chi connectivity index (χ2n) is 4.90. The number of piperidine rings is 1. The van der Waals surface area contributed by atoms with E-state index in [2.05, 4.69) is 25.1 Å². The molecule has 19 heavy (non-hydrogen) atoms. The SMILES string of the molecule is Cc1nnc(CC2CCN(c3ncccn3)CC2)o1. The van der Waals surface area contributed by atoms with E-state index in [4.69, 9.17) is 4.42 Å². The highest BCUT2D eigenvalue weighted by Gasteiger charge is 2.22. The average Bonchev–Trinajstić information content (AvgIpc) is 2.86. The fraction of sp³-hybridized carbons (Fsp3) is 0.538. The van der Waals surface area contributed by atoms with Gasteiger partial charge in [-0.05, 0) is 24.8 Å². The Balaban J connectivity index is 1.55. The Labute approximate surface area is 111 Å². The Morgan fingerprint density at radius 3 is 2.58 bits per heavy atom. The van der Waals surface area contributed by atoms with E-state index >= 15 is 0 Å². The van der Waals surface area contributed by atoms with E-state index in [9.17, 15) is 0 Å². The van der Waals surface area contributed by atoms with Crippen molar-refractivity contribution in [2.24, 2.45) is 5.92 Å². The highest BCUT2D eigenvalue weighted by Crippen LogP contribution is 2.23. The van der Waals surface area contributed by atoms with Gasteiger partial charge in [-0.25, -0.2) is 9.97 Å². The molecule has 1 aliphatic heterocycles. The number of rotatable bonds is 3. The lowest BCUT2D eigenvalue weighted by Crippen LogP contribution is -2.35. The van der Waals surface area contributed by atoms with Gasteiger partial charge >= 0.3 is 0 Å². The maximum absolute atomic E-state index is 5.44. The van der Waals surface area contributed by atoms with Gasteiger partial charge in [0.05, 0.1) is 0 Å². The van der Waals surface area contributed by atoms with Crippen LogP contribution in [0.1, 0.15) is 24.6 Å². The Morgan fingerprint density at radius 1 is 1.21 bits per heavy atom. The lowest BCUT2D eigenvalue weighted by Gasteiger charge is -2.31. The lowest BCUT2D eigenvalue weighted by molar-refractivity contribution is 0.356. The second-order valence-corrected chi connectivity index (χ2v) is 4.90. The molecule has 1 aliphatic rings. The summed E-state index contributed by atoms with van der Waals surface area (Å²) < 4.78 is 5.44. The van der Waals surface area contributed by atoms with Crippen molar-refractivity contribution in [1.82, 2.24) is 20.2 Å². The van der Waals surface area contributed by atoms with Crippen LogP contribution >= 0.6 is 0 Å². The van der Waals surface area contributed by atoms with Gasteiger partial charge in [0.2, 0.25) is 17.7 Å². The lowest BCUT2D eigenvalue weighted by atomic mass is 9.94. The van der Waals surface area contributed by atoms with E-state index in [0.29, 0.717) is 11.8 Å². The Bertz CT molecular complexity index is 519. The van der Waals surface area contributed by atoms with Gasteiger partial charge in [-0.2, -0.15) is 0 Å². The summed E-state index contributed by atoms with van der Waals surface area (Å²) in [6.45, 7) is 3.80. The second kappa shape index (κ2) is 5.34. The topological polar surface area (TPSA) is 67.9 Å². The van der Waals surface area contributed by atoms with Crippen LogP contribution in [0.25, 0.3) is 0 Å². The summed E-state index contributed by atoms with van der Waals surface area (Å²) >= 11 is 0. The summed E-state index contributed by atoms with van der Waals surface area (Å²) in [4.78, 5) is 10.8. The number of hydrogen-bond acceptors (Lipinski definition) is 6. The first-order chi connectivity index (χ1) is 9.31.